The summed E-state index contributed by atoms with van der Waals surface area (Å²) in [5.41, 5.74) is -6.33. The van der Waals surface area contributed by atoms with Gasteiger partial charge in [0.2, 0.25) is 5.60 Å². The summed E-state index contributed by atoms with van der Waals surface area (Å²) in [5.74, 6) is -3.67. The zero-order valence-corrected chi connectivity index (χ0v) is 32.1. The molecule has 1 aromatic carbocycles. The van der Waals surface area contributed by atoms with Crippen molar-refractivity contribution in [2.75, 3.05) is 13.7 Å². The SMILES string of the molecule is COC(=O)[C@]12O[C@@H](C)C(C)C[C@@]1(O)C1CC[C@]3(C)C(CC[C@@]4(C(C)OC(C)=O)COC(Sc5ccccc5)[C@H]43)[C@@]1(C)[C@H](OC(C)=O)[C@@H]2OC(C)=O. The third-order valence-corrected chi connectivity index (χ3v) is 15.0. The van der Waals surface area contributed by atoms with E-state index in [-0.39, 0.29) is 35.6 Å². The molecule has 0 spiro atoms. The number of carbonyl (C=O) groups is 4. The molecule has 11 nitrogen and oxygen atoms in total. The summed E-state index contributed by atoms with van der Waals surface area (Å²) >= 11 is 1.65. The highest BCUT2D eigenvalue weighted by Gasteiger charge is 2.83. The summed E-state index contributed by atoms with van der Waals surface area (Å²) in [5, 5.41) is 13.3. The standard InChI is InChI=1S/C39H54O11S/c1-21-19-38(44)29-15-17-35(7)28(16-18-37(23(3)47-24(4)40)20-46-33(30(35)37)51-27-13-11-10-12-14-27)36(29,8)31(48-25(5)41)32(49-26(6)42)39(38,34(43)45-9)50-22(21)2/h10-14,21-23,28-33,44H,15-20H2,1-9H3/t21?,22-,23?,28?,29?,30-,31+,32-,33?,35+,36+,37-,38+,39-/m0/s1. The number of methoxy groups -OCH3 is 1. The smallest absolute Gasteiger partial charge is 0.345 e. The van der Waals surface area contributed by atoms with Crippen LogP contribution >= 0.6 is 11.8 Å². The molecule has 5 aliphatic rings. The molecule has 51 heavy (non-hydrogen) atoms. The Kier molecular flexibility index (Phi) is 9.94. The Balaban J connectivity index is 1.56. The Hall–Kier alpha value is -2.67. The minimum atomic E-state index is -2.15. The zero-order chi connectivity index (χ0) is 37.3. The maximum Gasteiger partial charge on any atom is 0.345 e. The molecule has 3 saturated carbocycles. The van der Waals surface area contributed by atoms with Gasteiger partial charge in [-0.3, -0.25) is 14.4 Å². The lowest BCUT2D eigenvalue weighted by atomic mass is 9.35. The van der Waals surface area contributed by atoms with E-state index < -0.39 is 75.7 Å². The summed E-state index contributed by atoms with van der Waals surface area (Å²) in [4.78, 5) is 53.8. The lowest BCUT2D eigenvalue weighted by Crippen LogP contribution is -2.85. The summed E-state index contributed by atoms with van der Waals surface area (Å²) in [6, 6.07) is 10.1. The molecular weight excluding hydrogens is 676 g/mol. The van der Waals surface area contributed by atoms with Gasteiger partial charge in [0.1, 0.15) is 23.2 Å². The third kappa shape index (κ3) is 5.55. The van der Waals surface area contributed by atoms with Crippen LogP contribution in [0.3, 0.4) is 0 Å². The molecule has 12 heteroatoms. The number of rotatable bonds is 7. The summed E-state index contributed by atoms with van der Waals surface area (Å²) < 4.78 is 37.1. The molecule has 5 unspecified atom stereocenters. The van der Waals surface area contributed by atoms with Crippen LogP contribution < -0.4 is 0 Å². The molecule has 282 valence electrons. The normalized spacial score (nSPS) is 44.7. The Morgan fingerprint density at radius 3 is 2.16 bits per heavy atom. The number of hydrogen-bond donors (Lipinski definition) is 1. The maximum absolute atomic E-state index is 14.2. The number of benzene rings is 1. The van der Waals surface area contributed by atoms with Gasteiger partial charge in [0.25, 0.3) is 0 Å². The summed E-state index contributed by atoms with van der Waals surface area (Å²) in [7, 11) is 1.22. The van der Waals surface area contributed by atoms with E-state index in [1.165, 1.54) is 27.9 Å². The predicted octanol–water partition coefficient (Wildman–Crippen LogP) is 5.49. The first kappa shape index (κ1) is 38.1. The molecule has 2 aliphatic heterocycles. The van der Waals surface area contributed by atoms with Gasteiger partial charge in [-0.2, -0.15) is 0 Å². The topological polar surface area (TPSA) is 144 Å². The van der Waals surface area contributed by atoms with Crippen LogP contribution in [0, 0.1) is 39.9 Å². The lowest BCUT2D eigenvalue weighted by molar-refractivity contribution is -0.373. The van der Waals surface area contributed by atoms with Crippen molar-refractivity contribution in [2.24, 2.45) is 39.9 Å². The van der Waals surface area contributed by atoms with Crippen molar-refractivity contribution in [3.05, 3.63) is 30.3 Å². The van der Waals surface area contributed by atoms with Gasteiger partial charge in [-0.25, -0.2) is 4.79 Å². The van der Waals surface area contributed by atoms with Gasteiger partial charge in [-0.15, -0.1) is 0 Å². The molecule has 0 aromatic heterocycles. The number of hydrogen-bond acceptors (Lipinski definition) is 12. The van der Waals surface area contributed by atoms with E-state index in [1.54, 1.807) is 11.8 Å². The number of esters is 4. The number of ether oxygens (including phenoxy) is 6. The summed E-state index contributed by atoms with van der Waals surface area (Å²) in [6.07, 6.45) is -1.10. The molecule has 0 radical (unpaired) electrons. The molecule has 6 rings (SSSR count). The second-order valence-corrected chi connectivity index (χ2v) is 17.5. The van der Waals surface area contributed by atoms with Gasteiger partial charge < -0.3 is 33.5 Å². The van der Waals surface area contributed by atoms with Gasteiger partial charge in [-0.1, -0.05) is 50.7 Å². The lowest BCUT2D eigenvalue weighted by Gasteiger charge is -2.73. The molecule has 2 heterocycles. The van der Waals surface area contributed by atoms with Gasteiger partial charge in [0.05, 0.1) is 19.8 Å². The molecule has 1 N–H and O–H groups in total. The van der Waals surface area contributed by atoms with Crippen molar-refractivity contribution in [1.82, 2.24) is 0 Å². The number of fused-ring (bicyclic) bond motifs is 7. The van der Waals surface area contributed by atoms with Crippen LogP contribution in [0.25, 0.3) is 0 Å². The van der Waals surface area contributed by atoms with Gasteiger partial charge >= 0.3 is 23.9 Å². The van der Waals surface area contributed by atoms with E-state index >= 15 is 0 Å². The highest BCUT2D eigenvalue weighted by Crippen LogP contribution is 2.75. The first-order chi connectivity index (χ1) is 23.9. The zero-order valence-electron chi connectivity index (χ0n) is 31.3. The number of carbonyl (C=O) groups excluding carboxylic acids is 4. The van der Waals surface area contributed by atoms with Crippen molar-refractivity contribution in [2.45, 2.75) is 133 Å². The molecule has 0 amide bonds. The van der Waals surface area contributed by atoms with Crippen molar-refractivity contribution in [3.8, 4) is 0 Å². The quantitative estimate of drug-likeness (QED) is 0.280. The second-order valence-electron chi connectivity index (χ2n) is 16.3. The van der Waals surface area contributed by atoms with Crippen LogP contribution in [0.1, 0.15) is 87.5 Å². The molecule has 2 saturated heterocycles. The predicted molar refractivity (Wildman–Crippen MR) is 186 cm³/mol. The Labute approximate surface area is 305 Å². The molecule has 1 aromatic rings. The van der Waals surface area contributed by atoms with Gasteiger partial charge in [0, 0.05) is 48.3 Å². The highest BCUT2D eigenvalue weighted by molar-refractivity contribution is 7.99. The molecular formula is C39H54O11S. The minimum absolute atomic E-state index is 0.130. The Bertz CT molecular complexity index is 1540. The average Bonchev–Trinajstić information content (AvgIpc) is 3.44. The fourth-order valence-electron chi connectivity index (χ4n) is 11.8. The van der Waals surface area contributed by atoms with Crippen molar-refractivity contribution >= 4 is 35.6 Å². The first-order valence-corrected chi connectivity index (χ1v) is 19.1. The maximum atomic E-state index is 14.2. The monoisotopic (exact) mass is 730 g/mol. The van der Waals surface area contributed by atoms with Crippen molar-refractivity contribution in [3.63, 3.8) is 0 Å². The fourth-order valence-corrected chi connectivity index (χ4v) is 13.2. The van der Waals surface area contributed by atoms with E-state index in [0.717, 1.165) is 4.90 Å². The Morgan fingerprint density at radius 2 is 1.55 bits per heavy atom. The molecule has 5 fully saturated rings. The minimum Gasteiger partial charge on any atom is -0.467 e. The third-order valence-electron chi connectivity index (χ3n) is 13.8. The van der Waals surface area contributed by atoms with Crippen LogP contribution in [0.5, 0.6) is 0 Å². The van der Waals surface area contributed by atoms with Gasteiger partial charge in [0.15, 0.2) is 6.10 Å². The van der Waals surface area contributed by atoms with Crippen molar-refractivity contribution in [1.29, 1.82) is 0 Å². The van der Waals surface area contributed by atoms with Crippen LogP contribution in [0.4, 0.5) is 0 Å². The number of thioether (sulfide) groups is 1. The molecule has 3 aliphatic carbocycles. The molecule has 14 atom stereocenters. The second kappa shape index (κ2) is 13.3. The Morgan fingerprint density at radius 1 is 0.922 bits per heavy atom. The van der Waals surface area contributed by atoms with Crippen molar-refractivity contribution < 1.29 is 52.7 Å². The average molecular weight is 731 g/mol. The van der Waals surface area contributed by atoms with Crippen LogP contribution in [-0.4, -0.2) is 83.8 Å². The first-order valence-electron chi connectivity index (χ1n) is 18.3. The highest BCUT2D eigenvalue weighted by atomic mass is 32.2. The van der Waals surface area contributed by atoms with Crippen LogP contribution in [-0.2, 0) is 47.6 Å². The van der Waals surface area contributed by atoms with E-state index in [1.807, 2.05) is 45.9 Å². The van der Waals surface area contributed by atoms with E-state index in [0.29, 0.717) is 32.3 Å². The van der Waals surface area contributed by atoms with E-state index in [4.69, 9.17) is 28.4 Å². The largest absolute Gasteiger partial charge is 0.467 e. The van der Waals surface area contributed by atoms with E-state index in [9.17, 15) is 24.3 Å². The van der Waals surface area contributed by atoms with E-state index in [2.05, 4.69) is 19.1 Å². The number of aliphatic hydroxyl groups is 1. The van der Waals surface area contributed by atoms with Crippen LogP contribution in [0.2, 0.25) is 0 Å². The van der Waals surface area contributed by atoms with Crippen LogP contribution in [0.15, 0.2) is 35.2 Å². The van der Waals surface area contributed by atoms with Gasteiger partial charge in [-0.05, 0) is 75.3 Å². The summed E-state index contributed by atoms with van der Waals surface area (Å²) in [6.45, 7) is 14.4. The molecule has 0 bridgehead atoms. The fraction of sp³-hybridized carbons (Fsp3) is 0.744.